The maximum absolute atomic E-state index is 14.3. The lowest BCUT2D eigenvalue weighted by atomic mass is 9.96. The van der Waals surface area contributed by atoms with E-state index in [2.05, 4.69) is 28.7 Å². The van der Waals surface area contributed by atoms with Crippen molar-refractivity contribution in [3.63, 3.8) is 0 Å². The summed E-state index contributed by atoms with van der Waals surface area (Å²) in [5, 5.41) is 0.473. The molecule has 0 spiro atoms. The molecular formula is C28H35ClFN5O2. The second-order valence-corrected chi connectivity index (χ2v) is 11.1. The molecule has 0 radical (unpaired) electrons. The number of rotatable bonds is 7. The zero-order valence-corrected chi connectivity index (χ0v) is 22.5. The van der Waals surface area contributed by atoms with Gasteiger partial charge < -0.3 is 15.4 Å². The smallest absolute Gasteiger partial charge is 0.258 e. The van der Waals surface area contributed by atoms with E-state index in [-0.39, 0.29) is 25.1 Å². The molecule has 2 bridgehead atoms. The third-order valence-electron chi connectivity index (χ3n) is 8.05. The number of halogens is 2. The number of hydrogen-bond donors (Lipinski definition) is 1. The minimum Gasteiger partial charge on any atom is -0.489 e. The van der Waals surface area contributed by atoms with Crippen molar-refractivity contribution in [1.29, 1.82) is 0 Å². The average molecular weight is 528 g/mol. The number of amides is 1. The van der Waals surface area contributed by atoms with E-state index in [1.807, 2.05) is 0 Å². The predicted octanol–water partition coefficient (Wildman–Crippen LogP) is 4.82. The predicted molar refractivity (Wildman–Crippen MR) is 142 cm³/mol. The Bertz CT molecular complexity index is 1220. The number of nitrogens with two attached hydrogens (primary N) is 1. The molecule has 4 atom stereocenters. The first-order chi connectivity index (χ1) is 17.7. The van der Waals surface area contributed by atoms with Gasteiger partial charge in [0.15, 0.2) is 5.82 Å². The van der Waals surface area contributed by atoms with Crippen LogP contribution in [0.3, 0.4) is 0 Å². The largest absolute Gasteiger partial charge is 0.489 e. The molecule has 0 saturated carbocycles. The topological polar surface area (TPSA) is 84.6 Å². The number of carbonyl (C=O) groups excluding carboxylic acids is 1. The quantitative estimate of drug-likeness (QED) is 0.555. The van der Waals surface area contributed by atoms with E-state index in [1.54, 1.807) is 11.8 Å². The highest BCUT2D eigenvalue weighted by Crippen LogP contribution is 2.41. The molecule has 198 valence electrons. The van der Waals surface area contributed by atoms with Gasteiger partial charge in [0.05, 0.1) is 29.4 Å². The third kappa shape index (κ3) is 5.18. The van der Waals surface area contributed by atoms with Gasteiger partial charge in [-0.25, -0.2) is 14.4 Å². The maximum atomic E-state index is 14.3. The number of fused-ring (bicyclic) bond motifs is 2. The molecule has 2 fully saturated rings. The van der Waals surface area contributed by atoms with E-state index in [9.17, 15) is 9.18 Å². The number of benzene rings is 1. The molecule has 1 aromatic heterocycles. The zero-order chi connectivity index (χ0) is 26.3. The lowest BCUT2D eigenvalue weighted by Gasteiger charge is -2.39. The van der Waals surface area contributed by atoms with Gasteiger partial charge in [-0.05, 0) is 50.8 Å². The van der Waals surface area contributed by atoms with Crippen molar-refractivity contribution in [1.82, 2.24) is 19.8 Å². The number of nitrogens with zero attached hydrogens (tertiary/aromatic N) is 4. The first kappa shape index (κ1) is 25.9. The van der Waals surface area contributed by atoms with E-state index in [4.69, 9.17) is 22.1 Å². The second-order valence-electron chi connectivity index (χ2n) is 10.7. The van der Waals surface area contributed by atoms with Crippen LogP contribution < -0.4 is 10.5 Å². The van der Waals surface area contributed by atoms with Gasteiger partial charge in [-0.1, -0.05) is 31.9 Å². The fourth-order valence-electron chi connectivity index (χ4n) is 6.10. The van der Waals surface area contributed by atoms with Crippen molar-refractivity contribution in [2.45, 2.75) is 71.1 Å². The summed E-state index contributed by atoms with van der Waals surface area (Å²) in [6.07, 6.45) is 6.82. The van der Waals surface area contributed by atoms with Gasteiger partial charge >= 0.3 is 0 Å². The summed E-state index contributed by atoms with van der Waals surface area (Å²) in [7, 11) is 0. The number of aryl methyl sites for hydroxylation is 1. The van der Waals surface area contributed by atoms with Crippen LogP contribution in [-0.2, 0) is 0 Å². The molecule has 0 aliphatic carbocycles. The summed E-state index contributed by atoms with van der Waals surface area (Å²) in [5.41, 5.74) is 8.51. The summed E-state index contributed by atoms with van der Waals surface area (Å²) < 4.78 is 20.7. The minimum atomic E-state index is -0.423. The molecule has 1 amide bonds. The number of carbonyl (C=O) groups is 1. The average Bonchev–Trinajstić information content (AvgIpc) is 3.33. The Hall–Kier alpha value is -2.71. The molecule has 2 aromatic rings. The molecule has 3 aliphatic heterocycles. The molecule has 4 heterocycles. The highest BCUT2D eigenvalue weighted by Gasteiger charge is 2.45. The Morgan fingerprint density at radius 2 is 2.08 bits per heavy atom. The zero-order valence-electron chi connectivity index (χ0n) is 21.7. The Balaban J connectivity index is 1.31. The number of piperidine rings is 1. The Kier molecular flexibility index (Phi) is 7.41. The number of unbranched alkanes of at least 4 members (excludes halogenated alkanes) is 1. The van der Waals surface area contributed by atoms with E-state index >= 15 is 0 Å². The molecule has 1 aromatic carbocycles. The van der Waals surface area contributed by atoms with Gasteiger partial charge in [0, 0.05) is 42.0 Å². The monoisotopic (exact) mass is 527 g/mol. The molecule has 2 saturated heterocycles. The van der Waals surface area contributed by atoms with Crippen LogP contribution in [0, 0.1) is 18.7 Å². The van der Waals surface area contributed by atoms with Gasteiger partial charge in [-0.15, -0.1) is 0 Å². The maximum Gasteiger partial charge on any atom is 0.258 e. The van der Waals surface area contributed by atoms with Gasteiger partial charge in [0.25, 0.3) is 5.91 Å². The molecular weight excluding hydrogens is 493 g/mol. The van der Waals surface area contributed by atoms with E-state index < -0.39 is 5.82 Å². The SMILES string of the molecule is CCCCN1C2CC(Oc3cc(F)ccc3C(=O)N3CC(N)=C(c4ncc(Cl)c(C)n4)C3)CC1C(C)C2. The normalized spacial score (nSPS) is 25.7. The van der Waals surface area contributed by atoms with E-state index in [0.29, 0.717) is 57.1 Å². The van der Waals surface area contributed by atoms with Crippen molar-refractivity contribution in [3.05, 3.63) is 58.0 Å². The molecule has 5 rings (SSSR count). The van der Waals surface area contributed by atoms with E-state index in [0.717, 1.165) is 25.8 Å². The van der Waals surface area contributed by atoms with Crippen LogP contribution in [0.1, 0.15) is 67.8 Å². The summed E-state index contributed by atoms with van der Waals surface area (Å²) in [6, 6.07) is 5.10. The van der Waals surface area contributed by atoms with Crippen LogP contribution >= 0.6 is 11.6 Å². The molecule has 37 heavy (non-hydrogen) atoms. The fraction of sp³-hybridized carbons (Fsp3) is 0.536. The third-order valence-corrected chi connectivity index (χ3v) is 8.42. The van der Waals surface area contributed by atoms with Crippen molar-refractivity contribution < 1.29 is 13.9 Å². The lowest BCUT2D eigenvalue weighted by molar-refractivity contribution is 0.0420. The highest BCUT2D eigenvalue weighted by atomic mass is 35.5. The van der Waals surface area contributed by atoms with Gasteiger partial charge in [-0.2, -0.15) is 0 Å². The van der Waals surface area contributed by atoms with Gasteiger partial charge in [0.2, 0.25) is 0 Å². The van der Waals surface area contributed by atoms with Crippen molar-refractivity contribution in [2.24, 2.45) is 11.7 Å². The van der Waals surface area contributed by atoms with Crippen LogP contribution in [-0.4, -0.2) is 63.5 Å². The highest BCUT2D eigenvalue weighted by molar-refractivity contribution is 6.31. The summed E-state index contributed by atoms with van der Waals surface area (Å²) in [4.78, 5) is 26.6. The van der Waals surface area contributed by atoms with E-state index in [1.165, 1.54) is 37.2 Å². The van der Waals surface area contributed by atoms with Crippen molar-refractivity contribution in [3.8, 4) is 5.75 Å². The van der Waals surface area contributed by atoms with Crippen molar-refractivity contribution in [2.75, 3.05) is 19.6 Å². The Morgan fingerprint density at radius 3 is 2.81 bits per heavy atom. The standard InChI is InChI=1S/C28H35ClFN5O2/c1-4-5-8-35-19-9-16(2)25(35)12-20(11-19)37-26-10-18(30)6-7-21(26)28(36)34-14-22(24(31)15-34)27-32-13-23(29)17(3)33-27/h6-7,10,13,16,19-20,25H,4-5,8-9,11-12,14-15,31H2,1-3H3. The number of hydrogen-bond acceptors (Lipinski definition) is 6. The molecule has 4 unspecified atom stereocenters. The van der Waals surface area contributed by atoms with Gasteiger partial charge in [0.1, 0.15) is 17.7 Å². The summed E-state index contributed by atoms with van der Waals surface area (Å²) in [6.45, 7) is 7.96. The summed E-state index contributed by atoms with van der Waals surface area (Å²) in [5.74, 6) is 0.697. The molecule has 2 N–H and O–H groups in total. The number of aromatic nitrogens is 2. The van der Waals surface area contributed by atoms with Crippen LogP contribution in [0.15, 0.2) is 30.1 Å². The second kappa shape index (κ2) is 10.6. The van der Waals surface area contributed by atoms with Crippen LogP contribution in [0.2, 0.25) is 5.02 Å². The molecule has 9 heteroatoms. The summed E-state index contributed by atoms with van der Waals surface area (Å²) >= 11 is 6.07. The van der Waals surface area contributed by atoms with Gasteiger partial charge in [-0.3, -0.25) is 9.69 Å². The Labute approximate surface area is 222 Å². The number of ether oxygens (including phenoxy) is 1. The van der Waals surface area contributed by atoms with Crippen molar-refractivity contribution >= 4 is 23.1 Å². The van der Waals surface area contributed by atoms with Crippen LogP contribution in [0.5, 0.6) is 5.75 Å². The molecule has 7 nitrogen and oxygen atoms in total. The Morgan fingerprint density at radius 1 is 1.27 bits per heavy atom. The fourth-order valence-corrected chi connectivity index (χ4v) is 6.19. The minimum absolute atomic E-state index is 0.0473. The molecule has 3 aliphatic rings. The first-order valence-corrected chi connectivity index (χ1v) is 13.6. The first-order valence-electron chi connectivity index (χ1n) is 13.2. The lowest BCUT2D eigenvalue weighted by Crippen LogP contribution is -2.47. The van der Waals surface area contributed by atoms with Crippen LogP contribution in [0.4, 0.5) is 4.39 Å². The van der Waals surface area contributed by atoms with Crippen LogP contribution in [0.25, 0.3) is 5.57 Å².